The van der Waals surface area contributed by atoms with E-state index in [0.29, 0.717) is 30.9 Å². The van der Waals surface area contributed by atoms with Gasteiger partial charge in [-0.15, -0.1) is 0 Å². The zero-order valence-electron chi connectivity index (χ0n) is 19.5. The summed E-state index contributed by atoms with van der Waals surface area (Å²) in [5.74, 6) is -0.587. The van der Waals surface area contributed by atoms with Crippen LogP contribution in [-0.4, -0.2) is 36.5 Å². The lowest BCUT2D eigenvalue weighted by Crippen LogP contribution is -2.31. The number of halogens is 3. The van der Waals surface area contributed by atoms with Crippen molar-refractivity contribution in [3.8, 4) is 5.69 Å². The van der Waals surface area contributed by atoms with Gasteiger partial charge in [0.2, 0.25) is 6.41 Å². The fourth-order valence-electron chi connectivity index (χ4n) is 3.53. The number of nitrogens with zero attached hydrogens (tertiary/aromatic N) is 2. The Morgan fingerprint density at radius 2 is 1.92 bits per heavy atom. The lowest BCUT2D eigenvalue weighted by atomic mass is 10.1. The molecule has 0 radical (unpaired) electrons. The lowest BCUT2D eigenvalue weighted by molar-refractivity contribution is -0.137. The maximum Gasteiger partial charge on any atom is 0.416 e. The highest BCUT2D eigenvalue weighted by Crippen LogP contribution is 2.31. The van der Waals surface area contributed by atoms with E-state index in [1.807, 2.05) is 6.92 Å². The van der Waals surface area contributed by atoms with Crippen molar-refractivity contribution in [2.45, 2.75) is 19.6 Å². The molecule has 0 atom stereocenters. The van der Waals surface area contributed by atoms with E-state index < -0.39 is 23.2 Å². The third-order valence-corrected chi connectivity index (χ3v) is 5.32. The molecule has 4 N–H and O–H groups in total. The summed E-state index contributed by atoms with van der Waals surface area (Å²) in [7, 11) is 0. The Hall–Kier alpha value is -4.12. The van der Waals surface area contributed by atoms with E-state index in [-0.39, 0.29) is 23.4 Å². The molecule has 1 heterocycles. The molecule has 0 saturated carbocycles. The topological polar surface area (TPSA) is 109 Å². The number of hydrogen-bond acceptors (Lipinski definition) is 5. The number of anilines is 2. The quantitative estimate of drug-likeness (QED) is 0.225. The van der Waals surface area contributed by atoms with Crippen LogP contribution in [0.3, 0.4) is 0 Å². The third kappa shape index (κ3) is 6.72. The minimum absolute atomic E-state index is 0.0719. The summed E-state index contributed by atoms with van der Waals surface area (Å²) in [4.78, 5) is 38.3. The first kappa shape index (κ1) is 26.5. The number of aromatic nitrogens is 1. The molecule has 0 bridgehead atoms. The average molecular weight is 502 g/mol. The molecule has 8 nitrogen and oxygen atoms in total. The number of alkyl halides is 3. The predicted molar refractivity (Wildman–Crippen MR) is 131 cm³/mol. The van der Waals surface area contributed by atoms with Crippen LogP contribution in [0.25, 0.3) is 5.69 Å². The third-order valence-electron chi connectivity index (χ3n) is 5.32. The first-order valence-electron chi connectivity index (χ1n) is 11.1. The molecule has 190 valence electrons. The van der Waals surface area contributed by atoms with Gasteiger partial charge in [0.1, 0.15) is 0 Å². The monoisotopic (exact) mass is 501 g/mol. The molecule has 0 aliphatic heterocycles. The van der Waals surface area contributed by atoms with Crippen LogP contribution in [0.4, 0.5) is 24.5 Å². The summed E-state index contributed by atoms with van der Waals surface area (Å²) in [6.45, 7) is 3.54. The van der Waals surface area contributed by atoms with E-state index in [1.54, 1.807) is 24.3 Å². The predicted octanol–water partition coefficient (Wildman–Crippen LogP) is 2.94. The van der Waals surface area contributed by atoms with Crippen molar-refractivity contribution in [3.63, 3.8) is 0 Å². The van der Waals surface area contributed by atoms with Crippen molar-refractivity contribution >= 4 is 23.7 Å². The minimum atomic E-state index is -4.57. The minimum Gasteiger partial charge on any atom is -0.399 e. The van der Waals surface area contributed by atoms with Gasteiger partial charge in [-0.2, -0.15) is 13.2 Å². The average Bonchev–Trinajstić information content (AvgIpc) is 2.85. The molecule has 0 fully saturated rings. The Morgan fingerprint density at radius 3 is 2.61 bits per heavy atom. The SMILES string of the molecule is CCNCCN(C=O)c1cccc(-n2cc(C(=O)NCc3cc(N)cc(C(F)(F)F)c3)ccc2=O)c1. The highest BCUT2D eigenvalue weighted by atomic mass is 19.4. The number of benzene rings is 2. The number of nitrogen functional groups attached to an aromatic ring is 1. The van der Waals surface area contributed by atoms with Crippen molar-refractivity contribution in [1.29, 1.82) is 0 Å². The largest absolute Gasteiger partial charge is 0.416 e. The van der Waals surface area contributed by atoms with Crippen LogP contribution in [0.5, 0.6) is 0 Å². The van der Waals surface area contributed by atoms with Crippen LogP contribution in [-0.2, 0) is 17.5 Å². The van der Waals surface area contributed by atoms with Gasteiger partial charge in [-0.1, -0.05) is 13.0 Å². The van der Waals surface area contributed by atoms with Crippen molar-refractivity contribution in [2.24, 2.45) is 0 Å². The highest BCUT2D eigenvalue weighted by molar-refractivity contribution is 5.93. The zero-order valence-corrected chi connectivity index (χ0v) is 19.5. The van der Waals surface area contributed by atoms with Crippen LogP contribution in [0.2, 0.25) is 0 Å². The molecular weight excluding hydrogens is 475 g/mol. The van der Waals surface area contributed by atoms with E-state index in [0.717, 1.165) is 18.7 Å². The number of hydrogen-bond donors (Lipinski definition) is 3. The van der Waals surface area contributed by atoms with Crippen molar-refractivity contribution in [3.05, 3.63) is 87.8 Å². The fraction of sp³-hybridized carbons (Fsp3) is 0.240. The highest BCUT2D eigenvalue weighted by Gasteiger charge is 2.31. The van der Waals surface area contributed by atoms with Crippen LogP contribution in [0.15, 0.2) is 65.6 Å². The Balaban J connectivity index is 1.80. The first-order chi connectivity index (χ1) is 17.1. The van der Waals surface area contributed by atoms with Crippen molar-refractivity contribution in [2.75, 3.05) is 30.3 Å². The Bertz CT molecular complexity index is 1290. The van der Waals surface area contributed by atoms with E-state index in [4.69, 9.17) is 5.73 Å². The number of likely N-dealkylation sites (N-methyl/N-ethyl adjacent to an activating group) is 1. The standard InChI is InChI=1S/C25H26F3N5O3/c1-2-30-8-9-32(16-34)21-4-3-5-22(13-21)33-15-18(6-7-23(33)35)24(36)31-14-17-10-19(25(26,27)28)12-20(29)11-17/h3-7,10-13,15-16,30H,2,8-9,14,29H2,1H3,(H,31,36). The number of pyridine rings is 1. The normalized spacial score (nSPS) is 11.2. The van der Waals surface area contributed by atoms with Crippen molar-refractivity contribution in [1.82, 2.24) is 15.2 Å². The van der Waals surface area contributed by atoms with E-state index in [1.165, 1.54) is 33.9 Å². The van der Waals surface area contributed by atoms with Gasteiger partial charge in [0.15, 0.2) is 0 Å². The van der Waals surface area contributed by atoms with E-state index >= 15 is 0 Å². The van der Waals surface area contributed by atoms with Crippen LogP contribution in [0.1, 0.15) is 28.4 Å². The number of carbonyl (C=O) groups excluding carboxylic acids is 2. The number of rotatable bonds is 10. The number of nitrogens with two attached hydrogens (primary N) is 1. The van der Waals surface area contributed by atoms with Gasteiger partial charge in [-0.25, -0.2) is 0 Å². The van der Waals surface area contributed by atoms with Gasteiger partial charge in [0, 0.05) is 43.3 Å². The summed E-state index contributed by atoms with van der Waals surface area (Å²) < 4.78 is 40.4. The maximum atomic E-state index is 13.0. The van der Waals surface area contributed by atoms with Gasteiger partial charge >= 0.3 is 6.18 Å². The maximum absolute atomic E-state index is 13.0. The molecule has 2 amide bonds. The lowest BCUT2D eigenvalue weighted by Gasteiger charge is -2.19. The second kappa shape index (κ2) is 11.5. The zero-order chi connectivity index (χ0) is 26.3. The van der Waals surface area contributed by atoms with Crippen LogP contribution < -0.4 is 26.8 Å². The van der Waals surface area contributed by atoms with E-state index in [9.17, 15) is 27.6 Å². The van der Waals surface area contributed by atoms with Gasteiger partial charge in [-0.05, 0) is 54.6 Å². The molecule has 0 spiro atoms. The molecule has 0 unspecified atom stereocenters. The Morgan fingerprint density at radius 1 is 1.14 bits per heavy atom. The summed E-state index contributed by atoms with van der Waals surface area (Å²) in [5, 5.41) is 5.68. The van der Waals surface area contributed by atoms with Gasteiger partial charge in [0.25, 0.3) is 11.5 Å². The van der Waals surface area contributed by atoms with Crippen LogP contribution in [0, 0.1) is 0 Å². The fourth-order valence-corrected chi connectivity index (χ4v) is 3.53. The molecule has 3 aromatic rings. The van der Waals surface area contributed by atoms with Gasteiger partial charge in [0.05, 0.1) is 16.8 Å². The molecule has 0 saturated heterocycles. The number of carbonyl (C=O) groups is 2. The molecule has 2 aromatic carbocycles. The molecular formula is C25H26F3N5O3. The van der Waals surface area contributed by atoms with Crippen LogP contribution >= 0.6 is 0 Å². The second-order valence-corrected chi connectivity index (χ2v) is 7.94. The van der Waals surface area contributed by atoms with E-state index in [2.05, 4.69) is 10.6 Å². The molecule has 0 aliphatic rings. The van der Waals surface area contributed by atoms with Crippen molar-refractivity contribution < 1.29 is 22.8 Å². The van der Waals surface area contributed by atoms with Gasteiger partial charge in [-0.3, -0.25) is 19.0 Å². The number of amides is 2. The Kier molecular flexibility index (Phi) is 8.49. The smallest absolute Gasteiger partial charge is 0.399 e. The molecule has 1 aromatic heterocycles. The molecule has 36 heavy (non-hydrogen) atoms. The summed E-state index contributed by atoms with van der Waals surface area (Å²) in [6.07, 6.45) is -2.53. The Labute approximate surface area is 205 Å². The first-order valence-corrected chi connectivity index (χ1v) is 11.1. The number of nitrogens with one attached hydrogen (secondary N) is 2. The molecule has 3 rings (SSSR count). The summed E-state index contributed by atoms with van der Waals surface area (Å²) in [5.41, 5.74) is 5.51. The molecule has 0 aliphatic carbocycles. The van der Waals surface area contributed by atoms with Gasteiger partial charge < -0.3 is 21.3 Å². The second-order valence-electron chi connectivity index (χ2n) is 7.94. The summed E-state index contributed by atoms with van der Waals surface area (Å²) >= 11 is 0. The molecule has 11 heteroatoms. The summed E-state index contributed by atoms with van der Waals surface area (Å²) in [6, 6.07) is 12.3.